The van der Waals surface area contributed by atoms with E-state index in [2.05, 4.69) is 17.1 Å². The monoisotopic (exact) mass is 416 g/mol. The van der Waals surface area contributed by atoms with E-state index in [1.165, 1.54) is 11.3 Å². The minimum absolute atomic E-state index is 0.164. The molecular formula is C22H16N4OS2. The van der Waals surface area contributed by atoms with Crippen LogP contribution in [0.4, 0.5) is 5.13 Å². The number of amides is 1. The van der Waals surface area contributed by atoms with Crippen LogP contribution in [-0.2, 0) is 6.54 Å². The number of carbonyl (C=O) groups excluding carboxylic acids is 1. The standard InChI is InChI=1S/C22H16N4OS2/c1-28-18-8-9-19-20(11-18)29-22(25-19)26(14-16-3-2-10-24-13-16)21(27)17-6-4-15(12-23)5-7-17/h2-11,13H,14H2,1H3. The highest BCUT2D eigenvalue weighted by molar-refractivity contribution is 7.98. The van der Waals surface area contributed by atoms with Gasteiger partial charge in [0.15, 0.2) is 5.13 Å². The van der Waals surface area contributed by atoms with Gasteiger partial charge in [0.25, 0.3) is 5.91 Å². The Balaban J connectivity index is 1.75. The Bertz CT molecular complexity index is 1200. The maximum Gasteiger partial charge on any atom is 0.260 e. The van der Waals surface area contributed by atoms with Gasteiger partial charge in [-0.1, -0.05) is 17.4 Å². The highest BCUT2D eigenvalue weighted by Gasteiger charge is 2.22. The van der Waals surface area contributed by atoms with E-state index in [9.17, 15) is 4.79 Å². The van der Waals surface area contributed by atoms with Crippen LogP contribution in [0.5, 0.6) is 0 Å². The van der Waals surface area contributed by atoms with Crippen molar-refractivity contribution in [1.29, 1.82) is 5.26 Å². The molecule has 0 saturated heterocycles. The van der Waals surface area contributed by atoms with Gasteiger partial charge in [-0.15, -0.1) is 11.8 Å². The van der Waals surface area contributed by atoms with Crippen LogP contribution in [0, 0.1) is 11.3 Å². The van der Waals surface area contributed by atoms with Crippen molar-refractivity contribution in [2.45, 2.75) is 11.4 Å². The van der Waals surface area contributed by atoms with E-state index in [1.807, 2.05) is 30.5 Å². The molecule has 5 nitrogen and oxygen atoms in total. The second kappa shape index (κ2) is 8.43. The van der Waals surface area contributed by atoms with Crippen molar-refractivity contribution < 1.29 is 4.79 Å². The Morgan fingerprint density at radius 3 is 2.72 bits per heavy atom. The average molecular weight is 417 g/mol. The number of carbonyl (C=O) groups is 1. The Labute approximate surface area is 176 Å². The molecule has 0 fully saturated rings. The van der Waals surface area contributed by atoms with Gasteiger partial charge in [-0.2, -0.15) is 5.26 Å². The number of nitrogens with zero attached hydrogens (tertiary/aromatic N) is 4. The zero-order chi connectivity index (χ0) is 20.2. The van der Waals surface area contributed by atoms with Crippen molar-refractivity contribution in [1.82, 2.24) is 9.97 Å². The van der Waals surface area contributed by atoms with Crippen molar-refractivity contribution in [3.05, 3.63) is 83.7 Å². The Morgan fingerprint density at radius 1 is 1.21 bits per heavy atom. The zero-order valence-corrected chi connectivity index (χ0v) is 17.2. The van der Waals surface area contributed by atoms with E-state index in [-0.39, 0.29) is 5.91 Å². The van der Waals surface area contributed by atoms with E-state index >= 15 is 0 Å². The van der Waals surface area contributed by atoms with Gasteiger partial charge >= 0.3 is 0 Å². The van der Waals surface area contributed by atoms with E-state index in [0.29, 0.717) is 22.8 Å². The quantitative estimate of drug-likeness (QED) is 0.422. The third kappa shape index (κ3) is 4.14. The maximum atomic E-state index is 13.3. The molecule has 0 aliphatic carbocycles. The molecule has 7 heteroatoms. The third-order valence-corrected chi connectivity index (χ3v) is 6.15. The highest BCUT2D eigenvalue weighted by atomic mass is 32.2. The highest BCUT2D eigenvalue weighted by Crippen LogP contribution is 2.33. The SMILES string of the molecule is CSc1ccc2nc(N(Cc3cccnc3)C(=O)c3ccc(C#N)cc3)sc2c1. The largest absolute Gasteiger partial charge is 0.279 e. The smallest absolute Gasteiger partial charge is 0.260 e. The molecule has 0 N–H and O–H groups in total. The molecule has 2 aromatic carbocycles. The van der Waals surface area contributed by atoms with Crippen molar-refractivity contribution in [3.63, 3.8) is 0 Å². The lowest BCUT2D eigenvalue weighted by atomic mass is 10.1. The van der Waals surface area contributed by atoms with Crippen LogP contribution < -0.4 is 4.90 Å². The summed E-state index contributed by atoms with van der Waals surface area (Å²) in [4.78, 5) is 25.0. The van der Waals surface area contributed by atoms with Gasteiger partial charge in [0.05, 0.1) is 28.4 Å². The average Bonchev–Trinajstić information content (AvgIpc) is 3.20. The number of aromatic nitrogens is 2. The number of fused-ring (bicyclic) bond motifs is 1. The number of benzene rings is 2. The molecule has 29 heavy (non-hydrogen) atoms. The zero-order valence-electron chi connectivity index (χ0n) is 15.6. The molecule has 0 aliphatic rings. The second-order valence-corrected chi connectivity index (χ2v) is 8.16. The van der Waals surface area contributed by atoms with Gasteiger partial charge in [0.1, 0.15) is 0 Å². The topological polar surface area (TPSA) is 69.9 Å². The second-order valence-electron chi connectivity index (χ2n) is 6.27. The lowest BCUT2D eigenvalue weighted by Gasteiger charge is -2.20. The molecule has 0 bridgehead atoms. The maximum absolute atomic E-state index is 13.3. The normalized spacial score (nSPS) is 10.6. The minimum atomic E-state index is -0.164. The molecular weight excluding hydrogens is 400 g/mol. The molecule has 0 spiro atoms. The van der Waals surface area contributed by atoms with E-state index in [4.69, 9.17) is 10.2 Å². The summed E-state index contributed by atoms with van der Waals surface area (Å²) >= 11 is 3.17. The fourth-order valence-electron chi connectivity index (χ4n) is 2.88. The minimum Gasteiger partial charge on any atom is -0.279 e. The first kappa shape index (κ1) is 19.1. The molecule has 1 amide bonds. The first-order chi connectivity index (χ1) is 14.2. The molecule has 0 saturated carbocycles. The van der Waals surface area contributed by atoms with E-state index < -0.39 is 0 Å². The molecule has 142 valence electrons. The molecule has 0 radical (unpaired) electrons. The number of pyridine rings is 1. The van der Waals surface area contributed by atoms with Crippen molar-refractivity contribution in [2.75, 3.05) is 11.2 Å². The Kier molecular flexibility index (Phi) is 5.56. The molecule has 0 atom stereocenters. The summed E-state index contributed by atoms with van der Waals surface area (Å²) in [7, 11) is 0. The molecule has 0 unspecified atom stereocenters. The van der Waals surface area contributed by atoms with E-state index in [1.54, 1.807) is 53.3 Å². The summed E-state index contributed by atoms with van der Waals surface area (Å²) in [6.07, 6.45) is 5.49. The van der Waals surface area contributed by atoms with E-state index in [0.717, 1.165) is 20.7 Å². The number of rotatable bonds is 5. The summed E-state index contributed by atoms with van der Waals surface area (Å²) in [5.41, 5.74) is 2.81. The number of thioether (sulfide) groups is 1. The third-order valence-electron chi connectivity index (χ3n) is 4.38. The number of nitriles is 1. The lowest BCUT2D eigenvalue weighted by Crippen LogP contribution is -2.30. The van der Waals surface area contributed by atoms with Crippen molar-refractivity contribution >= 4 is 44.4 Å². The first-order valence-corrected chi connectivity index (χ1v) is 10.9. The van der Waals surface area contributed by atoms with Gasteiger partial charge in [0, 0.05) is 22.9 Å². The number of hydrogen-bond donors (Lipinski definition) is 0. The molecule has 4 aromatic rings. The van der Waals surface area contributed by atoms with Gasteiger partial charge in [-0.05, 0) is 60.4 Å². The molecule has 0 aliphatic heterocycles. The molecule has 2 aromatic heterocycles. The van der Waals surface area contributed by atoms with Gasteiger partial charge < -0.3 is 0 Å². The van der Waals surface area contributed by atoms with Crippen molar-refractivity contribution in [3.8, 4) is 6.07 Å². The number of hydrogen-bond acceptors (Lipinski definition) is 6. The fourth-order valence-corrected chi connectivity index (χ4v) is 4.40. The fraction of sp³-hybridized carbons (Fsp3) is 0.0909. The van der Waals surface area contributed by atoms with Crippen molar-refractivity contribution in [2.24, 2.45) is 0 Å². The predicted molar refractivity (Wildman–Crippen MR) is 117 cm³/mol. The molecule has 4 rings (SSSR count). The van der Waals surface area contributed by atoms with Crippen LogP contribution in [0.2, 0.25) is 0 Å². The van der Waals surface area contributed by atoms with Gasteiger partial charge in [-0.3, -0.25) is 14.7 Å². The van der Waals surface area contributed by atoms with Crippen LogP contribution in [0.1, 0.15) is 21.5 Å². The van der Waals surface area contributed by atoms with Gasteiger partial charge in [-0.25, -0.2) is 4.98 Å². The van der Waals surface area contributed by atoms with Crippen LogP contribution in [0.25, 0.3) is 10.2 Å². The Hall–Kier alpha value is -3.21. The van der Waals surface area contributed by atoms with Gasteiger partial charge in [0.2, 0.25) is 0 Å². The summed E-state index contributed by atoms with van der Waals surface area (Å²) in [6.45, 7) is 0.363. The summed E-state index contributed by atoms with van der Waals surface area (Å²) in [5.74, 6) is -0.164. The van der Waals surface area contributed by atoms with Crippen LogP contribution >= 0.6 is 23.1 Å². The predicted octanol–water partition coefficient (Wildman–Crippen LogP) is 5.13. The van der Waals surface area contributed by atoms with Crippen LogP contribution in [-0.4, -0.2) is 22.1 Å². The number of anilines is 1. The summed E-state index contributed by atoms with van der Waals surface area (Å²) in [6, 6.07) is 18.6. The van der Waals surface area contributed by atoms with Crippen LogP contribution in [0.3, 0.4) is 0 Å². The summed E-state index contributed by atoms with van der Waals surface area (Å²) < 4.78 is 1.04. The van der Waals surface area contributed by atoms with Crippen LogP contribution in [0.15, 0.2) is 71.9 Å². The Morgan fingerprint density at radius 2 is 2.03 bits per heavy atom. The first-order valence-electron chi connectivity index (χ1n) is 8.83. The number of thiazole rings is 1. The molecule has 2 heterocycles. The summed E-state index contributed by atoms with van der Waals surface area (Å²) in [5, 5.41) is 9.65. The lowest BCUT2D eigenvalue weighted by molar-refractivity contribution is 0.0985.